The van der Waals surface area contributed by atoms with Crippen molar-refractivity contribution in [2.45, 2.75) is 13.8 Å². The number of amides is 1. The minimum Gasteiger partial charge on any atom is -0.336 e. The molecule has 0 spiro atoms. The Kier molecular flexibility index (Phi) is 5.20. The number of carbonyl (C=O) groups excluding carboxylic acids is 1. The monoisotopic (exact) mass is 286 g/mol. The largest absolute Gasteiger partial charge is 0.336 e. The van der Waals surface area contributed by atoms with Crippen LogP contribution in [0.2, 0.25) is 0 Å². The van der Waals surface area contributed by atoms with Crippen LogP contribution >= 0.6 is 0 Å². The predicted molar refractivity (Wildman–Crippen MR) is 82.2 cm³/mol. The Balaban J connectivity index is 1.93. The minimum atomic E-state index is 0.0411. The fraction of sp³-hybridized carbons (Fsp3) is 0.467. The molecule has 1 heterocycles. The van der Waals surface area contributed by atoms with Crippen molar-refractivity contribution in [3.63, 3.8) is 0 Å². The van der Waals surface area contributed by atoms with Gasteiger partial charge in [0.15, 0.2) is 0 Å². The SMILES string of the molecule is C[C](C)CN1CCN(C(=O)c2ccc(N=[N+]=[N-])cc2)CC1. The first-order valence-corrected chi connectivity index (χ1v) is 7.06. The molecular formula is C15H20N5O. The van der Waals surface area contributed by atoms with E-state index < -0.39 is 0 Å². The molecule has 0 saturated carbocycles. The van der Waals surface area contributed by atoms with Gasteiger partial charge in [0, 0.05) is 48.9 Å². The quantitative estimate of drug-likeness (QED) is 0.485. The lowest BCUT2D eigenvalue weighted by molar-refractivity contribution is 0.0643. The summed E-state index contributed by atoms with van der Waals surface area (Å²) in [6.07, 6.45) is 0. The highest BCUT2D eigenvalue weighted by Gasteiger charge is 2.22. The zero-order valence-corrected chi connectivity index (χ0v) is 12.5. The van der Waals surface area contributed by atoms with Crippen LogP contribution in [0.5, 0.6) is 0 Å². The summed E-state index contributed by atoms with van der Waals surface area (Å²) >= 11 is 0. The van der Waals surface area contributed by atoms with E-state index in [1.165, 1.54) is 5.92 Å². The van der Waals surface area contributed by atoms with E-state index in [-0.39, 0.29) is 5.91 Å². The third kappa shape index (κ3) is 4.21. The number of rotatable bonds is 4. The Hall–Kier alpha value is -2.04. The predicted octanol–water partition coefficient (Wildman–Crippen LogP) is 3.00. The molecule has 1 saturated heterocycles. The molecule has 1 amide bonds. The molecule has 0 aliphatic carbocycles. The number of hydrogen-bond acceptors (Lipinski definition) is 3. The van der Waals surface area contributed by atoms with E-state index >= 15 is 0 Å². The molecule has 0 N–H and O–H groups in total. The van der Waals surface area contributed by atoms with Gasteiger partial charge < -0.3 is 4.90 Å². The van der Waals surface area contributed by atoms with Gasteiger partial charge in [-0.3, -0.25) is 9.69 Å². The highest BCUT2D eigenvalue weighted by atomic mass is 16.2. The molecule has 6 heteroatoms. The standard InChI is InChI=1S/C15H20N5O/c1-12(2)11-19-7-9-20(10-8-19)15(21)13-3-5-14(6-4-13)17-18-16/h3-6H,7-11H2,1-2H3. The lowest BCUT2D eigenvalue weighted by Gasteiger charge is -2.35. The third-order valence-corrected chi connectivity index (χ3v) is 3.47. The van der Waals surface area contributed by atoms with Gasteiger partial charge >= 0.3 is 0 Å². The number of nitrogens with zero attached hydrogens (tertiary/aromatic N) is 5. The molecule has 1 aliphatic rings. The average Bonchev–Trinajstić information content (AvgIpc) is 2.48. The van der Waals surface area contributed by atoms with E-state index in [1.807, 2.05) is 4.90 Å². The van der Waals surface area contributed by atoms with Gasteiger partial charge in [0.1, 0.15) is 0 Å². The van der Waals surface area contributed by atoms with Crippen molar-refractivity contribution in [3.05, 3.63) is 46.2 Å². The molecule has 0 bridgehead atoms. The van der Waals surface area contributed by atoms with Gasteiger partial charge in [0.05, 0.1) is 0 Å². The van der Waals surface area contributed by atoms with E-state index in [4.69, 9.17) is 5.53 Å². The van der Waals surface area contributed by atoms with Crippen molar-refractivity contribution < 1.29 is 4.79 Å². The Morgan fingerprint density at radius 2 is 1.81 bits per heavy atom. The maximum Gasteiger partial charge on any atom is 0.253 e. The molecule has 1 radical (unpaired) electrons. The summed E-state index contributed by atoms with van der Waals surface area (Å²) in [5.41, 5.74) is 9.52. The molecule has 1 aromatic rings. The average molecular weight is 286 g/mol. The number of benzene rings is 1. The smallest absolute Gasteiger partial charge is 0.253 e. The second-order valence-electron chi connectivity index (χ2n) is 5.51. The zero-order valence-electron chi connectivity index (χ0n) is 12.5. The van der Waals surface area contributed by atoms with Gasteiger partial charge in [-0.15, -0.1) is 0 Å². The number of azide groups is 1. The normalized spacial score (nSPS) is 15.9. The fourth-order valence-corrected chi connectivity index (χ4v) is 2.46. The van der Waals surface area contributed by atoms with Crippen LogP contribution in [-0.2, 0) is 0 Å². The second-order valence-corrected chi connectivity index (χ2v) is 5.51. The van der Waals surface area contributed by atoms with Crippen molar-refractivity contribution in [2.24, 2.45) is 5.11 Å². The molecule has 0 atom stereocenters. The lowest BCUT2D eigenvalue weighted by atomic mass is 10.1. The zero-order chi connectivity index (χ0) is 15.2. The van der Waals surface area contributed by atoms with Gasteiger partial charge in [-0.2, -0.15) is 0 Å². The Morgan fingerprint density at radius 3 is 2.33 bits per heavy atom. The van der Waals surface area contributed by atoms with E-state index in [0.717, 1.165) is 32.7 Å². The van der Waals surface area contributed by atoms with Gasteiger partial charge in [-0.05, 0) is 23.6 Å². The van der Waals surface area contributed by atoms with Crippen LogP contribution in [0.1, 0.15) is 24.2 Å². The van der Waals surface area contributed by atoms with E-state index in [1.54, 1.807) is 24.3 Å². The van der Waals surface area contributed by atoms with E-state index in [2.05, 4.69) is 28.8 Å². The molecule has 0 aromatic heterocycles. The van der Waals surface area contributed by atoms with Crippen molar-refractivity contribution in [1.82, 2.24) is 9.80 Å². The van der Waals surface area contributed by atoms with Crippen molar-refractivity contribution in [1.29, 1.82) is 0 Å². The molecule has 1 aliphatic heterocycles. The maximum absolute atomic E-state index is 12.4. The molecule has 6 nitrogen and oxygen atoms in total. The number of piperazine rings is 1. The highest BCUT2D eigenvalue weighted by molar-refractivity contribution is 5.94. The third-order valence-electron chi connectivity index (χ3n) is 3.47. The Bertz CT molecular complexity index is 525. The highest BCUT2D eigenvalue weighted by Crippen LogP contribution is 2.15. The summed E-state index contributed by atoms with van der Waals surface area (Å²) in [5.74, 6) is 1.43. The van der Waals surface area contributed by atoms with Gasteiger partial charge in [0.2, 0.25) is 0 Å². The van der Waals surface area contributed by atoms with Gasteiger partial charge in [-0.1, -0.05) is 31.1 Å². The minimum absolute atomic E-state index is 0.0411. The molecule has 1 fully saturated rings. The van der Waals surface area contributed by atoms with Crippen LogP contribution in [0.25, 0.3) is 10.4 Å². The van der Waals surface area contributed by atoms with Gasteiger partial charge in [-0.25, -0.2) is 0 Å². The van der Waals surface area contributed by atoms with Crippen molar-refractivity contribution in [2.75, 3.05) is 32.7 Å². The van der Waals surface area contributed by atoms with Crippen molar-refractivity contribution in [3.8, 4) is 0 Å². The summed E-state index contributed by atoms with van der Waals surface area (Å²) in [4.78, 5) is 19.4. The van der Waals surface area contributed by atoms with Crippen LogP contribution in [0.3, 0.4) is 0 Å². The summed E-state index contributed by atoms with van der Waals surface area (Å²) in [7, 11) is 0. The molecule has 21 heavy (non-hydrogen) atoms. The van der Waals surface area contributed by atoms with E-state index in [0.29, 0.717) is 11.3 Å². The second kappa shape index (κ2) is 7.11. The Labute approximate surface area is 125 Å². The fourth-order valence-electron chi connectivity index (χ4n) is 2.46. The molecule has 0 unspecified atom stereocenters. The molecule has 2 rings (SSSR count). The van der Waals surface area contributed by atoms with Gasteiger partial charge in [0.25, 0.3) is 5.91 Å². The van der Waals surface area contributed by atoms with Crippen LogP contribution in [0.4, 0.5) is 5.69 Å². The Morgan fingerprint density at radius 1 is 1.19 bits per heavy atom. The van der Waals surface area contributed by atoms with Crippen LogP contribution < -0.4 is 0 Å². The first kappa shape index (κ1) is 15.4. The maximum atomic E-state index is 12.4. The first-order valence-electron chi connectivity index (χ1n) is 7.06. The molecule has 1 aromatic carbocycles. The summed E-state index contributed by atoms with van der Waals surface area (Å²) in [6.45, 7) is 8.59. The van der Waals surface area contributed by atoms with Crippen LogP contribution in [-0.4, -0.2) is 48.4 Å². The summed E-state index contributed by atoms with van der Waals surface area (Å²) < 4.78 is 0. The lowest BCUT2D eigenvalue weighted by Crippen LogP contribution is -2.49. The summed E-state index contributed by atoms with van der Waals surface area (Å²) in [5, 5.41) is 3.50. The molecule has 111 valence electrons. The first-order chi connectivity index (χ1) is 10.1. The summed E-state index contributed by atoms with van der Waals surface area (Å²) in [6, 6.07) is 6.75. The van der Waals surface area contributed by atoms with Crippen LogP contribution in [0.15, 0.2) is 29.4 Å². The van der Waals surface area contributed by atoms with Crippen LogP contribution in [0, 0.1) is 5.92 Å². The van der Waals surface area contributed by atoms with Crippen molar-refractivity contribution >= 4 is 11.6 Å². The van der Waals surface area contributed by atoms with E-state index in [9.17, 15) is 4.79 Å². The number of hydrogen-bond donors (Lipinski definition) is 0. The topological polar surface area (TPSA) is 72.3 Å². The number of carbonyl (C=O) groups is 1. The molecular weight excluding hydrogens is 266 g/mol.